The molecule has 31 heavy (non-hydrogen) atoms. The van der Waals surface area contributed by atoms with Crippen molar-refractivity contribution >= 4 is 5.69 Å². The molecule has 5 rings (SSSR count). The van der Waals surface area contributed by atoms with Gasteiger partial charge in [0.2, 0.25) is 0 Å². The van der Waals surface area contributed by atoms with Gasteiger partial charge in [-0.3, -0.25) is 4.90 Å². The Kier molecular flexibility index (Phi) is 6.11. The lowest BCUT2D eigenvalue weighted by molar-refractivity contribution is -0.183. The predicted molar refractivity (Wildman–Crippen MR) is 118 cm³/mol. The molecule has 0 amide bonds. The van der Waals surface area contributed by atoms with E-state index >= 15 is 0 Å². The van der Waals surface area contributed by atoms with Crippen LogP contribution in [0, 0.1) is 0 Å². The number of nitrogens with one attached hydrogen (secondary N) is 1. The summed E-state index contributed by atoms with van der Waals surface area (Å²) in [6.45, 7) is 4.61. The van der Waals surface area contributed by atoms with E-state index in [2.05, 4.69) is 33.3 Å². The average molecular weight is 426 g/mol. The average Bonchev–Trinajstić information content (AvgIpc) is 3.25. The molecule has 2 bridgehead atoms. The minimum Gasteiger partial charge on any atom is -0.495 e. The Hall–Kier alpha value is -2.16. The summed E-state index contributed by atoms with van der Waals surface area (Å²) in [5, 5.41) is 14.8. The van der Waals surface area contributed by atoms with Crippen LogP contribution in [0.25, 0.3) is 0 Å². The van der Waals surface area contributed by atoms with Crippen molar-refractivity contribution in [3.8, 4) is 5.75 Å². The predicted octanol–water partition coefficient (Wildman–Crippen LogP) is 1.46. The lowest BCUT2D eigenvalue weighted by Gasteiger charge is -2.47. The molecule has 3 aliphatic heterocycles. The zero-order valence-corrected chi connectivity index (χ0v) is 17.9. The largest absolute Gasteiger partial charge is 0.495 e. The molecule has 3 aliphatic rings. The number of aliphatic hydroxyl groups excluding tert-OH is 1. The van der Waals surface area contributed by atoms with Crippen molar-refractivity contribution in [2.24, 2.45) is 0 Å². The lowest BCUT2D eigenvalue weighted by atomic mass is 9.94. The van der Waals surface area contributed by atoms with Crippen LogP contribution in [0.15, 0.2) is 54.6 Å². The van der Waals surface area contributed by atoms with Crippen LogP contribution in [0.3, 0.4) is 0 Å². The molecule has 2 aromatic carbocycles. The maximum atomic E-state index is 11.3. The van der Waals surface area contributed by atoms with Gasteiger partial charge in [0, 0.05) is 32.7 Å². The summed E-state index contributed by atoms with van der Waals surface area (Å²) in [6, 6.07) is 18.0. The van der Waals surface area contributed by atoms with Crippen molar-refractivity contribution in [1.29, 1.82) is 0 Å². The molecule has 0 radical (unpaired) electrons. The Balaban J connectivity index is 1.24. The number of para-hydroxylation sites is 2. The van der Waals surface area contributed by atoms with Crippen molar-refractivity contribution in [1.82, 2.24) is 10.2 Å². The first-order valence-electron chi connectivity index (χ1n) is 11.1. The fraction of sp³-hybridized carbons (Fsp3) is 0.500. The molecular formula is C24H31N3O4. The van der Waals surface area contributed by atoms with Gasteiger partial charge in [-0.25, -0.2) is 0 Å². The number of aliphatic hydroxyl groups is 1. The van der Waals surface area contributed by atoms with Gasteiger partial charge in [0.1, 0.15) is 11.9 Å². The Morgan fingerprint density at radius 1 is 1.03 bits per heavy atom. The molecule has 0 unspecified atom stereocenters. The summed E-state index contributed by atoms with van der Waals surface area (Å²) in [4.78, 5) is 4.66. The first-order chi connectivity index (χ1) is 15.2. The lowest BCUT2D eigenvalue weighted by Crippen LogP contribution is -2.66. The van der Waals surface area contributed by atoms with Gasteiger partial charge in [-0.15, -0.1) is 0 Å². The molecular weight excluding hydrogens is 394 g/mol. The van der Waals surface area contributed by atoms with E-state index in [1.807, 2.05) is 36.4 Å². The molecule has 2 N–H and O–H groups in total. The standard InChI is InChI=1S/C24H31N3O4/c1-29-19-10-6-5-9-18(19)26-11-13-27(14-12-26)22-23(28)21(20-16-30-24(22)31-20)25-15-17-7-3-2-4-8-17/h2-10,20-25,28H,11-16H2,1H3/t20-,21+,22-,23-,24+/m0/s1. The summed E-state index contributed by atoms with van der Waals surface area (Å²) in [5.41, 5.74) is 2.31. The quantitative estimate of drug-likeness (QED) is 0.726. The number of nitrogens with zero attached hydrogens (tertiary/aromatic N) is 2. The Bertz CT molecular complexity index is 859. The molecule has 0 aliphatic carbocycles. The number of rotatable bonds is 6. The topological polar surface area (TPSA) is 66.4 Å². The van der Waals surface area contributed by atoms with E-state index in [0.29, 0.717) is 13.2 Å². The van der Waals surface area contributed by atoms with Crippen LogP contribution in [-0.4, -0.2) is 80.5 Å². The first-order valence-corrected chi connectivity index (χ1v) is 11.1. The molecule has 7 heteroatoms. The minimum absolute atomic E-state index is 0.116. The van der Waals surface area contributed by atoms with Gasteiger partial charge in [-0.2, -0.15) is 0 Å². The number of methoxy groups -OCH3 is 1. The summed E-state index contributed by atoms with van der Waals surface area (Å²) in [5.74, 6) is 0.893. The van der Waals surface area contributed by atoms with Crippen LogP contribution in [0.5, 0.6) is 5.75 Å². The highest BCUT2D eigenvalue weighted by atomic mass is 16.7. The van der Waals surface area contributed by atoms with Crippen molar-refractivity contribution in [2.45, 2.75) is 37.1 Å². The number of ether oxygens (including phenoxy) is 3. The highest BCUT2D eigenvalue weighted by Crippen LogP contribution is 2.33. The molecule has 0 saturated carbocycles. The van der Waals surface area contributed by atoms with Crippen LogP contribution >= 0.6 is 0 Å². The highest BCUT2D eigenvalue weighted by Gasteiger charge is 2.52. The molecule has 5 atom stereocenters. The molecule has 3 saturated heterocycles. The molecule has 0 aromatic heterocycles. The van der Waals surface area contributed by atoms with Crippen LogP contribution in [0.2, 0.25) is 0 Å². The van der Waals surface area contributed by atoms with Crippen LogP contribution < -0.4 is 15.0 Å². The van der Waals surface area contributed by atoms with Crippen molar-refractivity contribution in [3.63, 3.8) is 0 Å². The van der Waals surface area contributed by atoms with Gasteiger partial charge in [0.05, 0.1) is 37.6 Å². The maximum absolute atomic E-state index is 11.3. The summed E-state index contributed by atoms with van der Waals surface area (Å²) < 4.78 is 17.6. The van der Waals surface area contributed by atoms with E-state index in [-0.39, 0.29) is 24.5 Å². The van der Waals surface area contributed by atoms with Gasteiger partial charge in [-0.05, 0) is 17.7 Å². The molecule has 3 heterocycles. The van der Waals surface area contributed by atoms with Crippen LogP contribution in [0.1, 0.15) is 5.56 Å². The summed E-state index contributed by atoms with van der Waals surface area (Å²) >= 11 is 0. The van der Waals surface area contributed by atoms with Gasteiger partial charge in [0.15, 0.2) is 6.29 Å². The Labute approximate surface area is 183 Å². The number of fused-ring (bicyclic) bond motifs is 2. The molecule has 166 valence electrons. The number of hydrogen-bond donors (Lipinski definition) is 2. The van der Waals surface area contributed by atoms with E-state index in [1.54, 1.807) is 7.11 Å². The molecule has 7 nitrogen and oxygen atoms in total. The van der Waals surface area contributed by atoms with E-state index < -0.39 is 6.10 Å². The van der Waals surface area contributed by atoms with E-state index in [1.165, 1.54) is 5.56 Å². The van der Waals surface area contributed by atoms with Crippen molar-refractivity contribution < 1.29 is 19.3 Å². The highest BCUT2D eigenvalue weighted by molar-refractivity contribution is 5.58. The van der Waals surface area contributed by atoms with Gasteiger partial charge in [-0.1, -0.05) is 42.5 Å². The third kappa shape index (κ3) is 4.16. The summed E-state index contributed by atoms with van der Waals surface area (Å²) in [6.07, 6.45) is -1.03. The van der Waals surface area contributed by atoms with Crippen LogP contribution in [0.4, 0.5) is 5.69 Å². The van der Waals surface area contributed by atoms with E-state index in [0.717, 1.165) is 37.6 Å². The third-order valence-electron chi connectivity index (χ3n) is 6.68. The van der Waals surface area contributed by atoms with Gasteiger partial charge < -0.3 is 29.5 Å². The fourth-order valence-electron chi connectivity index (χ4n) is 5.03. The van der Waals surface area contributed by atoms with Crippen molar-refractivity contribution in [2.75, 3.05) is 44.8 Å². The molecule has 0 spiro atoms. The number of benzene rings is 2. The fourth-order valence-corrected chi connectivity index (χ4v) is 5.03. The Morgan fingerprint density at radius 2 is 1.77 bits per heavy atom. The first kappa shape index (κ1) is 20.7. The SMILES string of the molecule is COc1ccccc1N1CCN([C@@H]2[C@@H]3OC[C@H](O3)[C@@H](NCc3ccccc3)[C@@H]2O)CC1. The number of piperazine rings is 1. The summed E-state index contributed by atoms with van der Waals surface area (Å²) in [7, 11) is 1.71. The van der Waals surface area contributed by atoms with Crippen molar-refractivity contribution in [3.05, 3.63) is 60.2 Å². The normalized spacial score (nSPS) is 31.0. The van der Waals surface area contributed by atoms with E-state index in [4.69, 9.17) is 14.2 Å². The molecule has 3 fully saturated rings. The minimum atomic E-state index is -0.548. The second-order valence-electron chi connectivity index (χ2n) is 8.44. The van der Waals surface area contributed by atoms with Gasteiger partial charge in [0.25, 0.3) is 0 Å². The van der Waals surface area contributed by atoms with E-state index in [9.17, 15) is 5.11 Å². The van der Waals surface area contributed by atoms with Gasteiger partial charge >= 0.3 is 0 Å². The number of hydrogen-bond acceptors (Lipinski definition) is 7. The Morgan fingerprint density at radius 3 is 2.55 bits per heavy atom. The maximum Gasteiger partial charge on any atom is 0.176 e. The second-order valence-corrected chi connectivity index (χ2v) is 8.44. The number of anilines is 1. The smallest absolute Gasteiger partial charge is 0.176 e. The zero-order chi connectivity index (χ0) is 21.2. The van der Waals surface area contributed by atoms with Crippen LogP contribution in [-0.2, 0) is 16.0 Å². The second kappa shape index (κ2) is 9.14. The zero-order valence-electron chi connectivity index (χ0n) is 17.9. The monoisotopic (exact) mass is 425 g/mol. The molecule has 2 aromatic rings. The third-order valence-corrected chi connectivity index (χ3v) is 6.68.